The molecule has 2 bridgehead atoms. The van der Waals surface area contributed by atoms with Crippen LogP contribution in [0.4, 0.5) is 0 Å². The van der Waals surface area contributed by atoms with Crippen molar-refractivity contribution in [1.82, 2.24) is 9.88 Å². The Bertz CT molecular complexity index is 705. The standard InChI is InChI=1S/C21H26N2O2/c1-25-20-12-17(10-11-22-20)21(24)13-18-8-5-9-19(14-21)23(18)15-16-6-3-2-4-7-16/h2-4,6-7,10-12,18-19,24H,5,8-9,13-15H2,1H3. The smallest absolute Gasteiger partial charge is 0.213 e. The lowest BCUT2D eigenvalue weighted by molar-refractivity contribution is -0.1000. The van der Waals surface area contributed by atoms with Crippen LogP contribution in [0.25, 0.3) is 0 Å². The summed E-state index contributed by atoms with van der Waals surface area (Å²) in [6.45, 7) is 0.978. The Kier molecular flexibility index (Phi) is 4.48. The molecule has 2 fully saturated rings. The molecule has 2 saturated heterocycles. The van der Waals surface area contributed by atoms with Crippen LogP contribution in [0.5, 0.6) is 5.88 Å². The quantitative estimate of drug-likeness (QED) is 0.927. The van der Waals surface area contributed by atoms with Gasteiger partial charge in [0.05, 0.1) is 12.7 Å². The minimum Gasteiger partial charge on any atom is -0.481 e. The van der Waals surface area contributed by atoms with E-state index in [-0.39, 0.29) is 0 Å². The number of rotatable bonds is 4. The number of hydrogen-bond donors (Lipinski definition) is 1. The summed E-state index contributed by atoms with van der Waals surface area (Å²) in [7, 11) is 1.62. The van der Waals surface area contributed by atoms with Gasteiger partial charge in [-0.3, -0.25) is 4.90 Å². The predicted octanol–water partition coefficient (Wildman–Crippen LogP) is 3.49. The summed E-state index contributed by atoms with van der Waals surface area (Å²) in [6, 6.07) is 15.4. The molecular formula is C21H26N2O2. The average molecular weight is 338 g/mol. The van der Waals surface area contributed by atoms with E-state index >= 15 is 0 Å². The molecule has 0 radical (unpaired) electrons. The highest BCUT2D eigenvalue weighted by atomic mass is 16.5. The third-order valence-electron chi connectivity index (χ3n) is 5.85. The maximum absolute atomic E-state index is 11.4. The monoisotopic (exact) mass is 338 g/mol. The second-order valence-corrected chi connectivity index (χ2v) is 7.42. The summed E-state index contributed by atoms with van der Waals surface area (Å²) >= 11 is 0. The van der Waals surface area contributed by atoms with Gasteiger partial charge in [0.2, 0.25) is 5.88 Å². The fourth-order valence-corrected chi connectivity index (χ4v) is 4.62. The molecule has 4 nitrogen and oxygen atoms in total. The van der Waals surface area contributed by atoms with Crippen molar-refractivity contribution in [1.29, 1.82) is 0 Å². The fraction of sp³-hybridized carbons (Fsp3) is 0.476. The summed E-state index contributed by atoms with van der Waals surface area (Å²) in [5.41, 5.74) is 1.52. The lowest BCUT2D eigenvalue weighted by Crippen LogP contribution is -2.56. The number of benzene rings is 1. The minimum atomic E-state index is -0.779. The number of ether oxygens (including phenoxy) is 1. The zero-order chi connectivity index (χ0) is 17.3. The molecule has 1 N–H and O–H groups in total. The van der Waals surface area contributed by atoms with Crippen molar-refractivity contribution in [3.63, 3.8) is 0 Å². The van der Waals surface area contributed by atoms with Crippen LogP contribution in [-0.2, 0) is 12.1 Å². The van der Waals surface area contributed by atoms with Crippen molar-refractivity contribution in [3.8, 4) is 5.88 Å². The molecule has 4 heteroatoms. The van der Waals surface area contributed by atoms with Gasteiger partial charge < -0.3 is 9.84 Å². The second kappa shape index (κ2) is 6.77. The Morgan fingerprint density at radius 2 is 1.88 bits per heavy atom. The van der Waals surface area contributed by atoms with Crippen LogP contribution in [0, 0.1) is 0 Å². The van der Waals surface area contributed by atoms with E-state index in [0.29, 0.717) is 18.0 Å². The van der Waals surface area contributed by atoms with Crippen molar-refractivity contribution in [2.24, 2.45) is 0 Å². The molecule has 2 aliphatic rings. The zero-order valence-corrected chi connectivity index (χ0v) is 14.8. The number of nitrogens with zero attached hydrogens (tertiary/aromatic N) is 2. The van der Waals surface area contributed by atoms with Gasteiger partial charge in [-0.15, -0.1) is 0 Å². The van der Waals surface area contributed by atoms with Gasteiger partial charge in [-0.2, -0.15) is 0 Å². The molecule has 0 spiro atoms. The number of piperidine rings is 2. The van der Waals surface area contributed by atoms with Crippen LogP contribution in [0.3, 0.4) is 0 Å². The SMILES string of the molecule is COc1cc(C2(O)CC3CCCC(C2)N3Cc2ccccc2)ccn1. The van der Waals surface area contributed by atoms with E-state index in [0.717, 1.165) is 37.8 Å². The van der Waals surface area contributed by atoms with E-state index in [2.05, 4.69) is 40.2 Å². The Labute approximate surface area is 149 Å². The summed E-state index contributed by atoms with van der Waals surface area (Å²) < 4.78 is 5.25. The first kappa shape index (κ1) is 16.6. The molecule has 2 atom stereocenters. The first-order chi connectivity index (χ1) is 12.2. The molecule has 3 heterocycles. The van der Waals surface area contributed by atoms with Gasteiger partial charge in [-0.05, 0) is 42.9 Å². The van der Waals surface area contributed by atoms with Gasteiger partial charge in [-0.25, -0.2) is 4.98 Å². The molecule has 1 aromatic heterocycles. The Morgan fingerprint density at radius 3 is 2.56 bits per heavy atom. The molecule has 0 aliphatic carbocycles. The molecule has 2 aromatic rings. The number of hydrogen-bond acceptors (Lipinski definition) is 4. The van der Waals surface area contributed by atoms with Crippen LogP contribution in [-0.4, -0.2) is 34.2 Å². The first-order valence-electron chi connectivity index (χ1n) is 9.20. The van der Waals surface area contributed by atoms with Crippen molar-refractivity contribution < 1.29 is 9.84 Å². The van der Waals surface area contributed by atoms with Crippen molar-refractivity contribution in [2.75, 3.05) is 7.11 Å². The molecule has 2 aliphatic heterocycles. The number of pyridine rings is 1. The lowest BCUT2D eigenvalue weighted by Gasteiger charge is -2.52. The van der Waals surface area contributed by atoms with Gasteiger partial charge >= 0.3 is 0 Å². The van der Waals surface area contributed by atoms with Gasteiger partial charge in [0, 0.05) is 30.9 Å². The largest absolute Gasteiger partial charge is 0.481 e. The normalized spacial score (nSPS) is 29.4. The van der Waals surface area contributed by atoms with Gasteiger partial charge in [0.15, 0.2) is 0 Å². The minimum absolute atomic E-state index is 0.428. The van der Waals surface area contributed by atoms with E-state index in [9.17, 15) is 5.11 Å². The van der Waals surface area contributed by atoms with E-state index in [4.69, 9.17) is 4.74 Å². The summed E-state index contributed by atoms with van der Waals surface area (Å²) in [6.07, 6.45) is 6.88. The second-order valence-electron chi connectivity index (χ2n) is 7.42. The topological polar surface area (TPSA) is 45.6 Å². The third-order valence-corrected chi connectivity index (χ3v) is 5.85. The van der Waals surface area contributed by atoms with Crippen LogP contribution in [0.1, 0.15) is 43.2 Å². The van der Waals surface area contributed by atoms with Crippen molar-refractivity contribution in [3.05, 3.63) is 59.8 Å². The van der Waals surface area contributed by atoms with Gasteiger partial charge in [-0.1, -0.05) is 36.8 Å². The third kappa shape index (κ3) is 3.29. The van der Waals surface area contributed by atoms with E-state index in [1.54, 1.807) is 13.3 Å². The van der Waals surface area contributed by atoms with E-state index < -0.39 is 5.60 Å². The molecule has 0 amide bonds. The highest BCUT2D eigenvalue weighted by molar-refractivity contribution is 5.28. The number of aromatic nitrogens is 1. The van der Waals surface area contributed by atoms with Crippen LogP contribution in [0.15, 0.2) is 48.7 Å². The Balaban J connectivity index is 1.58. The molecular weight excluding hydrogens is 312 g/mol. The Morgan fingerprint density at radius 1 is 1.16 bits per heavy atom. The predicted molar refractivity (Wildman–Crippen MR) is 97.3 cm³/mol. The highest BCUT2D eigenvalue weighted by Gasteiger charge is 2.46. The maximum Gasteiger partial charge on any atom is 0.213 e. The molecule has 1 aromatic carbocycles. The summed E-state index contributed by atoms with van der Waals surface area (Å²) in [4.78, 5) is 6.80. The van der Waals surface area contributed by atoms with E-state index in [1.807, 2.05) is 12.1 Å². The van der Waals surface area contributed by atoms with Crippen molar-refractivity contribution >= 4 is 0 Å². The highest BCUT2D eigenvalue weighted by Crippen LogP contribution is 2.45. The maximum atomic E-state index is 11.4. The number of fused-ring (bicyclic) bond motifs is 2. The lowest BCUT2D eigenvalue weighted by atomic mass is 9.72. The summed E-state index contributed by atoms with van der Waals surface area (Å²) in [5.74, 6) is 0.572. The number of aliphatic hydroxyl groups is 1. The molecule has 25 heavy (non-hydrogen) atoms. The van der Waals surface area contributed by atoms with Crippen LogP contribution in [0.2, 0.25) is 0 Å². The molecule has 2 unspecified atom stereocenters. The zero-order valence-electron chi connectivity index (χ0n) is 14.8. The number of methoxy groups -OCH3 is 1. The molecule has 0 saturated carbocycles. The first-order valence-corrected chi connectivity index (χ1v) is 9.20. The Hall–Kier alpha value is -1.91. The molecule has 132 valence electrons. The van der Waals surface area contributed by atoms with Crippen LogP contribution >= 0.6 is 0 Å². The molecule has 4 rings (SSSR count). The van der Waals surface area contributed by atoms with Gasteiger partial charge in [0.25, 0.3) is 0 Å². The fourth-order valence-electron chi connectivity index (χ4n) is 4.62. The van der Waals surface area contributed by atoms with Gasteiger partial charge in [0.1, 0.15) is 0 Å². The van der Waals surface area contributed by atoms with Crippen molar-refractivity contribution in [2.45, 2.75) is 56.3 Å². The van der Waals surface area contributed by atoms with E-state index in [1.165, 1.54) is 12.0 Å². The summed E-state index contributed by atoms with van der Waals surface area (Å²) in [5, 5.41) is 11.4. The van der Waals surface area contributed by atoms with Crippen LogP contribution < -0.4 is 4.74 Å². The average Bonchev–Trinajstić information content (AvgIpc) is 2.64.